The van der Waals surface area contributed by atoms with E-state index in [4.69, 9.17) is 5.73 Å². The summed E-state index contributed by atoms with van der Waals surface area (Å²) in [7, 11) is 1.30. The van der Waals surface area contributed by atoms with Gasteiger partial charge in [-0.15, -0.1) is 0 Å². The van der Waals surface area contributed by atoms with Crippen molar-refractivity contribution in [2.24, 2.45) is 5.73 Å². The standard InChI is InChI=1S/C11H21N3O4/c1-8(15)14-7-10(16)13-6-4-3-5-9(12)11(17)18-2/h9H,3-7,12H2,1-2H3,(H,13,16)(H,14,15). The molecular weight excluding hydrogens is 238 g/mol. The van der Waals surface area contributed by atoms with E-state index in [-0.39, 0.29) is 18.4 Å². The highest BCUT2D eigenvalue weighted by atomic mass is 16.5. The lowest BCUT2D eigenvalue weighted by Crippen LogP contribution is -2.36. The van der Waals surface area contributed by atoms with Crippen molar-refractivity contribution in [3.8, 4) is 0 Å². The number of nitrogens with two attached hydrogens (primary N) is 1. The molecule has 0 aliphatic heterocycles. The Balaban J connectivity index is 3.48. The van der Waals surface area contributed by atoms with Crippen molar-refractivity contribution < 1.29 is 19.1 Å². The molecule has 7 nitrogen and oxygen atoms in total. The highest BCUT2D eigenvalue weighted by Crippen LogP contribution is 1.99. The van der Waals surface area contributed by atoms with E-state index in [9.17, 15) is 14.4 Å². The average molecular weight is 259 g/mol. The topological polar surface area (TPSA) is 111 Å². The second kappa shape index (κ2) is 9.41. The van der Waals surface area contributed by atoms with Gasteiger partial charge in [0, 0.05) is 13.5 Å². The molecular formula is C11H21N3O4. The van der Waals surface area contributed by atoms with Crippen molar-refractivity contribution in [2.75, 3.05) is 20.2 Å². The van der Waals surface area contributed by atoms with Crippen LogP contribution in [0.1, 0.15) is 26.2 Å². The predicted octanol–water partition coefficient (Wildman–Crippen LogP) is -1.09. The summed E-state index contributed by atoms with van der Waals surface area (Å²) in [6.45, 7) is 1.82. The normalized spacial score (nSPS) is 11.5. The molecule has 0 bridgehead atoms. The lowest BCUT2D eigenvalue weighted by atomic mass is 10.1. The zero-order valence-electron chi connectivity index (χ0n) is 10.8. The van der Waals surface area contributed by atoms with E-state index in [2.05, 4.69) is 15.4 Å². The first-order valence-electron chi connectivity index (χ1n) is 5.82. The van der Waals surface area contributed by atoms with Gasteiger partial charge in [0.1, 0.15) is 6.04 Å². The highest BCUT2D eigenvalue weighted by Gasteiger charge is 2.12. The molecule has 0 rings (SSSR count). The molecule has 2 amide bonds. The largest absolute Gasteiger partial charge is 0.468 e. The van der Waals surface area contributed by atoms with Crippen LogP contribution >= 0.6 is 0 Å². The number of nitrogens with one attached hydrogen (secondary N) is 2. The van der Waals surface area contributed by atoms with Gasteiger partial charge in [0.05, 0.1) is 13.7 Å². The minimum atomic E-state index is -0.606. The third-order valence-electron chi connectivity index (χ3n) is 2.27. The molecule has 0 aliphatic rings. The van der Waals surface area contributed by atoms with Crippen molar-refractivity contribution in [3.63, 3.8) is 0 Å². The Morgan fingerprint density at radius 3 is 2.44 bits per heavy atom. The molecule has 4 N–H and O–H groups in total. The van der Waals surface area contributed by atoms with Gasteiger partial charge in [-0.05, 0) is 19.3 Å². The molecule has 0 aromatic rings. The van der Waals surface area contributed by atoms with Gasteiger partial charge in [-0.25, -0.2) is 0 Å². The molecule has 0 aromatic carbocycles. The molecule has 0 fully saturated rings. The summed E-state index contributed by atoms with van der Waals surface area (Å²) in [5.74, 6) is -0.902. The zero-order chi connectivity index (χ0) is 14.0. The fourth-order valence-corrected chi connectivity index (χ4v) is 1.25. The number of hydrogen-bond donors (Lipinski definition) is 3. The van der Waals surface area contributed by atoms with Gasteiger partial charge in [0.25, 0.3) is 0 Å². The number of amides is 2. The number of carbonyl (C=O) groups excluding carboxylic acids is 3. The minimum absolute atomic E-state index is 0.0169. The van der Waals surface area contributed by atoms with Crippen LogP contribution in [0.25, 0.3) is 0 Å². The van der Waals surface area contributed by atoms with Gasteiger partial charge in [-0.3, -0.25) is 14.4 Å². The van der Waals surface area contributed by atoms with Gasteiger partial charge in [0.15, 0.2) is 0 Å². The Kier molecular flexibility index (Phi) is 8.55. The summed E-state index contributed by atoms with van der Waals surface area (Å²) < 4.78 is 4.49. The number of unbranched alkanes of at least 4 members (excludes halogenated alkanes) is 1. The van der Waals surface area contributed by atoms with E-state index in [1.165, 1.54) is 14.0 Å². The van der Waals surface area contributed by atoms with E-state index in [0.717, 1.165) is 12.8 Å². The van der Waals surface area contributed by atoms with Crippen LogP contribution in [-0.4, -0.2) is 44.0 Å². The second-order valence-corrected chi connectivity index (χ2v) is 3.89. The van der Waals surface area contributed by atoms with Crippen molar-refractivity contribution >= 4 is 17.8 Å². The van der Waals surface area contributed by atoms with Gasteiger partial charge >= 0.3 is 5.97 Å². The molecule has 0 saturated carbocycles. The molecule has 1 atom stereocenters. The van der Waals surface area contributed by atoms with Gasteiger partial charge in [0.2, 0.25) is 11.8 Å². The number of ether oxygens (including phenoxy) is 1. The van der Waals surface area contributed by atoms with Crippen molar-refractivity contribution in [2.45, 2.75) is 32.2 Å². The lowest BCUT2D eigenvalue weighted by Gasteiger charge is -2.09. The third-order valence-corrected chi connectivity index (χ3v) is 2.27. The SMILES string of the molecule is COC(=O)C(N)CCCCNC(=O)CNC(C)=O. The molecule has 104 valence electrons. The molecule has 0 spiro atoms. The van der Waals surface area contributed by atoms with Crippen LogP contribution in [0.3, 0.4) is 0 Å². The van der Waals surface area contributed by atoms with Crippen LogP contribution in [-0.2, 0) is 19.1 Å². The molecule has 0 heterocycles. The zero-order valence-corrected chi connectivity index (χ0v) is 10.8. The van der Waals surface area contributed by atoms with Gasteiger partial charge in [-0.1, -0.05) is 0 Å². The highest BCUT2D eigenvalue weighted by molar-refractivity contribution is 5.83. The summed E-state index contributed by atoms with van der Waals surface area (Å²) in [6, 6.07) is -0.606. The Labute approximate surface area is 106 Å². The maximum absolute atomic E-state index is 11.2. The molecule has 0 saturated heterocycles. The number of rotatable bonds is 8. The Morgan fingerprint density at radius 1 is 1.22 bits per heavy atom. The maximum Gasteiger partial charge on any atom is 0.322 e. The molecule has 0 aliphatic carbocycles. The lowest BCUT2D eigenvalue weighted by molar-refractivity contribution is -0.142. The number of carbonyl (C=O) groups is 3. The van der Waals surface area contributed by atoms with Crippen molar-refractivity contribution in [3.05, 3.63) is 0 Å². The van der Waals surface area contributed by atoms with Crippen LogP contribution in [0.5, 0.6) is 0 Å². The van der Waals surface area contributed by atoms with Gasteiger partial charge < -0.3 is 21.1 Å². The Morgan fingerprint density at radius 2 is 1.89 bits per heavy atom. The first kappa shape index (κ1) is 16.4. The van der Waals surface area contributed by atoms with Crippen LogP contribution in [0.15, 0.2) is 0 Å². The number of hydrogen-bond acceptors (Lipinski definition) is 5. The number of methoxy groups -OCH3 is 1. The fraction of sp³-hybridized carbons (Fsp3) is 0.727. The smallest absolute Gasteiger partial charge is 0.322 e. The first-order chi connectivity index (χ1) is 8.47. The first-order valence-corrected chi connectivity index (χ1v) is 5.82. The molecule has 18 heavy (non-hydrogen) atoms. The van der Waals surface area contributed by atoms with Crippen LogP contribution < -0.4 is 16.4 Å². The average Bonchev–Trinajstić information content (AvgIpc) is 2.34. The quantitative estimate of drug-likeness (QED) is 0.379. The Hall–Kier alpha value is -1.63. The second-order valence-electron chi connectivity index (χ2n) is 3.89. The van der Waals surface area contributed by atoms with Crippen LogP contribution in [0.2, 0.25) is 0 Å². The maximum atomic E-state index is 11.2. The fourth-order valence-electron chi connectivity index (χ4n) is 1.25. The molecule has 7 heteroatoms. The summed E-state index contributed by atoms with van der Waals surface area (Å²) in [4.78, 5) is 32.7. The number of esters is 1. The van der Waals surface area contributed by atoms with Crippen LogP contribution in [0.4, 0.5) is 0 Å². The summed E-state index contributed by atoms with van der Waals surface area (Å²) in [5.41, 5.74) is 5.54. The third kappa shape index (κ3) is 8.51. The van der Waals surface area contributed by atoms with E-state index in [0.29, 0.717) is 13.0 Å². The van der Waals surface area contributed by atoms with Gasteiger partial charge in [-0.2, -0.15) is 0 Å². The monoisotopic (exact) mass is 259 g/mol. The summed E-state index contributed by atoms with van der Waals surface area (Å²) in [6.07, 6.45) is 1.96. The van der Waals surface area contributed by atoms with E-state index in [1.54, 1.807) is 0 Å². The van der Waals surface area contributed by atoms with Crippen molar-refractivity contribution in [1.82, 2.24) is 10.6 Å². The van der Waals surface area contributed by atoms with E-state index in [1.807, 2.05) is 0 Å². The van der Waals surface area contributed by atoms with E-state index < -0.39 is 12.0 Å². The molecule has 1 unspecified atom stereocenters. The Bertz CT molecular complexity index is 294. The molecule has 0 aromatic heterocycles. The molecule has 0 radical (unpaired) electrons. The van der Waals surface area contributed by atoms with Crippen molar-refractivity contribution in [1.29, 1.82) is 0 Å². The summed E-state index contributed by atoms with van der Waals surface area (Å²) in [5, 5.41) is 5.04. The van der Waals surface area contributed by atoms with Crippen LogP contribution in [0, 0.1) is 0 Å². The minimum Gasteiger partial charge on any atom is -0.468 e. The summed E-state index contributed by atoms with van der Waals surface area (Å²) >= 11 is 0. The van der Waals surface area contributed by atoms with E-state index >= 15 is 0 Å². The predicted molar refractivity (Wildman–Crippen MR) is 65.5 cm³/mol.